The highest BCUT2D eigenvalue weighted by Crippen LogP contribution is 2.32. The third-order valence-electron chi connectivity index (χ3n) is 18.0. The molecule has 4 aromatic rings. The summed E-state index contributed by atoms with van der Waals surface area (Å²) in [4.78, 5) is 149. The number of thioether (sulfide) groups is 2. The summed E-state index contributed by atoms with van der Waals surface area (Å²) >= 11 is 2.88. The number of nitrogens with one attached hydrogen (secondary N) is 7. The first-order valence-electron chi connectivity index (χ1n) is 33.1. The van der Waals surface area contributed by atoms with Crippen LogP contribution in [0, 0.1) is 5.92 Å². The molecule has 3 aliphatic heterocycles. The molecule has 3 aliphatic rings. The maximum Gasteiger partial charge on any atom is 0.246 e. The van der Waals surface area contributed by atoms with Crippen LogP contribution in [0.3, 0.4) is 0 Å². The van der Waals surface area contributed by atoms with E-state index in [-0.39, 0.29) is 69.7 Å². The van der Waals surface area contributed by atoms with E-state index in [1.807, 2.05) is 38.1 Å². The fourth-order valence-corrected chi connectivity index (χ4v) is 14.0. The van der Waals surface area contributed by atoms with Crippen LogP contribution in [-0.4, -0.2) is 195 Å². The monoisotopic (exact) mass is 1390 g/mol. The molecule has 2 bridgehead atoms. The van der Waals surface area contributed by atoms with Crippen molar-refractivity contribution in [1.29, 1.82) is 0 Å². The van der Waals surface area contributed by atoms with Crippen molar-refractivity contribution in [3.8, 4) is 17.2 Å². The lowest BCUT2D eigenvalue weighted by Crippen LogP contribution is -2.64. The Kier molecular flexibility index (Phi) is 29.0. The largest absolute Gasteiger partial charge is 0.497 e. The van der Waals surface area contributed by atoms with Crippen LogP contribution in [0.2, 0.25) is 0 Å². The minimum atomic E-state index is -1.50. The summed E-state index contributed by atoms with van der Waals surface area (Å²) in [6, 6.07) is 18.1. The molecule has 11 atom stereocenters. The van der Waals surface area contributed by atoms with Gasteiger partial charge in [-0.05, 0) is 123 Å². The number of carbonyl (C=O) groups excluding carboxylic acids is 10. The Morgan fingerprint density at radius 3 is 1.56 bits per heavy atom. The number of primary amides is 1. The standard InChI is InChI=1S/C71H96N10O15S2/c1-42(2)34-53-63(84)73-54(36-45-17-23-50(94-8)24-18-45)64(85)75-55(37-46-19-25-51(95-9)26-20-46)68(89)80-31-12-16-58(80)65(86)79-61(44(4)93-7)67(88)76-56(38-47-21-27-52(96-10)28-22-47)69(90)81-32-13-30-71(81,5)70(91)77-57(62(72)83)41-98-40-49-15-11-14-48(35-49)39-97-33-29-59(82)78-60(43(3)92-6)66(87)74-53/h11,14-15,17-28,35,42-44,53-58,60-61H,12-13,16,29-34,36-41H2,1-10H3,(H2,72,83)(H,73,84)(H,74,87)(H,75,85)(H,76,88)(H,77,91)(H,78,82)(H,79,86)/t43-,44-,53+,54+,55+,56+,57+,58+,60+,61+,71+/m1/s1. The number of nitrogens with two attached hydrogens (primary N) is 1. The van der Waals surface area contributed by atoms with Crippen molar-refractivity contribution in [1.82, 2.24) is 47.0 Å². The molecular formula is C71H96N10O15S2. The molecule has 4 aromatic carbocycles. The second-order valence-corrected chi connectivity index (χ2v) is 27.7. The molecule has 10 amide bonds. The van der Waals surface area contributed by atoms with E-state index in [1.54, 1.807) is 93.6 Å². The van der Waals surface area contributed by atoms with E-state index in [2.05, 4.69) is 37.2 Å². The lowest BCUT2D eigenvalue weighted by molar-refractivity contribution is -0.147. The van der Waals surface area contributed by atoms with Crippen molar-refractivity contribution in [2.24, 2.45) is 11.7 Å². The zero-order chi connectivity index (χ0) is 71.2. The molecule has 0 aromatic heterocycles. The number of benzene rings is 4. The Balaban J connectivity index is 1.25. The van der Waals surface area contributed by atoms with Gasteiger partial charge in [0.25, 0.3) is 0 Å². The molecule has 0 aliphatic carbocycles. The first kappa shape index (κ1) is 77.0. The van der Waals surface area contributed by atoms with E-state index >= 15 is 14.4 Å². The van der Waals surface area contributed by atoms with Gasteiger partial charge in [0.1, 0.15) is 71.1 Å². The second kappa shape index (κ2) is 37.0. The second-order valence-electron chi connectivity index (χ2n) is 25.6. The summed E-state index contributed by atoms with van der Waals surface area (Å²) in [5.74, 6) is -3.92. The number of hydrogen-bond acceptors (Lipinski definition) is 17. The van der Waals surface area contributed by atoms with Gasteiger partial charge in [-0.15, -0.1) is 0 Å². The number of fused-ring (bicyclic) bond motifs is 4. The zero-order valence-corrected chi connectivity index (χ0v) is 59.2. The van der Waals surface area contributed by atoms with Gasteiger partial charge in [-0.2, -0.15) is 23.5 Å². The van der Waals surface area contributed by atoms with Crippen LogP contribution in [-0.2, 0) is 88.2 Å². The molecule has 0 radical (unpaired) electrons. The third-order valence-corrected chi connectivity index (χ3v) is 20.2. The molecule has 532 valence electrons. The summed E-state index contributed by atoms with van der Waals surface area (Å²) in [7, 11) is 7.28. The molecule has 0 saturated carbocycles. The van der Waals surface area contributed by atoms with Gasteiger partial charge < -0.3 is 76.4 Å². The van der Waals surface area contributed by atoms with Crippen LogP contribution in [0.1, 0.15) is 101 Å². The number of ether oxygens (including phenoxy) is 5. The Hall–Kier alpha value is -8.40. The first-order valence-corrected chi connectivity index (χ1v) is 35.4. The van der Waals surface area contributed by atoms with E-state index in [1.165, 1.54) is 68.9 Å². The lowest BCUT2D eigenvalue weighted by Gasteiger charge is -2.37. The molecule has 0 unspecified atom stereocenters. The van der Waals surface area contributed by atoms with Gasteiger partial charge in [0.05, 0.1) is 33.5 Å². The van der Waals surface area contributed by atoms with Crippen LogP contribution < -0.4 is 57.2 Å². The van der Waals surface area contributed by atoms with Crippen LogP contribution in [0.4, 0.5) is 0 Å². The van der Waals surface area contributed by atoms with Crippen LogP contribution in [0.15, 0.2) is 97.1 Å². The topological polar surface area (TPSA) is 334 Å². The molecule has 7 rings (SSSR count). The molecule has 9 N–H and O–H groups in total. The number of rotatable bonds is 16. The number of amides is 10. The molecule has 98 heavy (non-hydrogen) atoms. The van der Waals surface area contributed by atoms with Gasteiger partial charge in [-0.3, -0.25) is 47.9 Å². The molecule has 2 saturated heterocycles. The summed E-state index contributed by atoms with van der Waals surface area (Å²) < 4.78 is 27.5. The maximum absolute atomic E-state index is 15.4. The van der Waals surface area contributed by atoms with Crippen molar-refractivity contribution in [3.63, 3.8) is 0 Å². The number of nitrogens with zero attached hydrogens (tertiary/aromatic N) is 2. The highest BCUT2D eigenvalue weighted by Gasteiger charge is 2.49. The molecule has 2 fully saturated rings. The molecule has 27 heteroatoms. The molecule has 25 nitrogen and oxygen atoms in total. The lowest BCUT2D eigenvalue weighted by atomic mass is 9.95. The normalized spacial score (nSPS) is 25.0. The van der Waals surface area contributed by atoms with E-state index in [0.29, 0.717) is 64.0 Å². The smallest absolute Gasteiger partial charge is 0.246 e. The van der Waals surface area contributed by atoms with E-state index in [9.17, 15) is 33.6 Å². The minimum absolute atomic E-state index is 0.0339. The SMILES string of the molecule is COc1ccc(C[C@@H]2NC(=O)[C@H](CC(C)C)NC(=O)[C@H]([C@@H](C)OC)NC(=O)CCSCc3cccc(c3)CSC[C@@H](C(N)=O)NC(=O)[C@]3(C)CCCN3C(=O)[C@H](Cc3ccc(OC)cc3)NC(=O)[C@H]([C@@H](C)OC)NC(=O)[C@@H]3CCCN3C(=O)[C@H](Cc3ccc(OC)cc3)NC2=O)cc1. The van der Waals surface area contributed by atoms with E-state index in [4.69, 9.17) is 29.4 Å². The van der Waals surface area contributed by atoms with Crippen molar-refractivity contribution >= 4 is 82.6 Å². The van der Waals surface area contributed by atoms with Crippen molar-refractivity contribution < 1.29 is 71.6 Å². The van der Waals surface area contributed by atoms with Gasteiger partial charge >= 0.3 is 0 Å². The minimum Gasteiger partial charge on any atom is -0.497 e. The molecule has 3 heterocycles. The maximum atomic E-state index is 15.4. The number of methoxy groups -OCH3 is 5. The highest BCUT2D eigenvalue weighted by atomic mass is 32.2. The van der Waals surface area contributed by atoms with Crippen molar-refractivity contribution in [3.05, 3.63) is 125 Å². The third kappa shape index (κ3) is 21.3. The Morgan fingerprint density at radius 2 is 1.04 bits per heavy atom. The van der Waals surface area contributed by atoms with Crippen LogP contribution in [0.25, 0.3) is 0 Å². The zero-order valence-electron chi connectivity index (χ0n) is 57.6. The molecule has 0 spiro atoms. The predicted octanol–water partition coefficient (Wildman–Crippen LogP) is 3.68. The van der Waals surface area contributed by atoms with E-state index < -0.39 is 125 Å². The quantitative estimate of drug-likeness (QED) is 0.0793. The summed E-state index contributed by atoms with van der Waals surface area (Å²) in [5, 5.41) is 20.0. The fraction of sp³-hybridized carbons (Fsp3) is 0.521. The highest BCUT2D eigenvalue weighted by molar-refractivity contribution is 7.98. The summed E-state index contributed by atoms with van der Waals surface area (Å²) in [6.07, 6.45) is -0.848. The van der Waals surface area contributed by atoms with E-state index in [0.717, 1.165) is 11.1 Å². The van der Waals surface area contributed by atoms with Crippen molar-refractivity contribution in [2.75, 3.05) is 60.1 Å². The number of carbonyl (C=O) groups is 10. The number of hydrogen-bond donors (Lipinski definition) is 8. The van der Waals surface area contributed by atoms with Gasteiger partial charge in [-0.25, -0.2) is 0 Å². The summed E-state index contributed by atoms with van der Waals surface area (Å²) in [5.41, 5.74) is 8.15. The Labute approximate surface area is 582 Å². The predicted molar refractivity (Wildman–Crippen MR) is 373 cm³/mol. The van der Waals surface area contributed by atoms with Gasteiger partial charge in [0.15, 0.2) is 0 Å². The Bertz CT molecular complexity index is 3400. The summed E-state index contributed by atoms with van der Waals surface area (Å²) in [6.45, 7) is 8.71. The average Bonchev–Trinajstić information content (AvgIpc) is 1.59. The first-order chi connectivity index (χ1) is 46.9. The molecular weight excluding hydrogens is 1300 g/mol. The van der Waals surface area contributed by atoms with Gasteiger partial charge in [0.2, 0.25) is 59.1 Å². The van der Waals surface area contributed by atoms with Gasteiger partial charge in [0, 0.05) is 76.0 Å². The van der Waals surface area contributed by atoms with Gasteiger partial charge in [-0.1, -0.05) is 74.5 Å². The van der Waals surface area contributed by atoms with Crippen molar-refractivity contribution in [2.45, 2.75) is 170 Å². The van der Waals surface area contributed by atoms with Crippen LogP contribution in [0.5, 0.6) is 17.2 Å². The Morgan fingerprint density at radius 1 is 0.561 bits per heavy atom. The average molecular weight is 1390 g/mol. The fourth-order valence-electron chi connectivity index (χ4n) is 12.1. The van der Waals surface area contributed by atoms with Crippen LogP contribution >= 0.6 is 23.5 Å².